The first-order valence-corrected chi connectivity index (χ1v) is 7.33. The first kappa shape index (κ1) is 14.1. The van der Waals surface area contributed by atoms with Crippen molar-refractivity contribution in [3.8, 4) is 0 Å². The topological polar surface area (TPSA) is 55.1 Å². The fourth-order valence-corrected chi connectivity index (χ4v) is 2.44. The molecule has 0 bridgehead atoms. The Labute approximate surface area is 115 Å². The van der Waals surface area contributed by atoms with Gasteiger partial charge in [0, 0.05) is 19.0 Å². The van der Waals surface area contributed by atoms with Crippen LogP contribution in [0.5, 0.6) is 0 Å². The zero-order valence-corrected chi connectivity index (χ0v) is 11.5. The molecule has 1 amide bonds. The first-order chi connectivity index (χ1) is 9.25. The Kier molecular flexibility index (Phi) is 5.40. The van der Waals surface area contributed by atoms with Crippen molar-refractivity contribution in [3.63, 3.8) is 0 Å². The van der Waals surface area contributed by atoms with Gasteiger partial charge in [0.2, 0.25) is 5.91 Å². The number of nitrogens with two attached hydrogens (primary N) is 1. The number of carbonyl (C=O) groups excluding carboxylic acids is 1. The van der Waals surface area contributed by atoms with Gasteiger partial charge in [-0.3, -0.25) is 4.79 Å². The second kappa shape index (κ2) is 7.29. The highest BCUT2D eigenvalue weighted by Gasteiger charge is 2.17. The molecular weight excluding hydrogens is 236 g/mol. The summed E-state index contributed by atoms with van der Waals surface area (Å²) in [4.78, 5) is 11.7. The molecule has 1 unspecified atom stereocenters. The molecule has 1 fully saturated rings. The van der Waals surface area contributed by atoms with Crippen molar-refractivity contribution in [2.24, 2.45) is 11.7 Å². The Hall–Kier alpha value is -1.35. The van der Waals surface area contributed by atoms with Crippen LogP contribution in [0.15, 0.2) is 30.3 Å². The normalized spacial score (nSPS) is 16.7. The molecule has 1 atom stereocenters. The van der Waals surface area contributed by atoms with Gasteiger partial charge >= 0.3 is 0 Å². The Morgan fingerprint density at radius 1 is 1.32 bits per heavy atom. The van der Waals surface area contributed by atoms with Gasteiger partial charge in [-0.05, 0) is 24.3 Å². The van der Waals surface area contributed by atoms with Crippen LogP contribution in [0.3, 0.4) is 0 Å². The van der Waals surface area contributed by atoms with Crippen LogP contribution in [0, 0.1) is 5.92 Å². The maximum atomic E-state index is 11.7. The fourth-order valence-electron chi connectivity index (χ4n) is 2.44. The van der Waals surface area contributed by atoms with E-state index < -0.39 is 0 Å². The monoisotopic (exact) mass is 260 g/mol. The molecule has 1 aromatic rings. The summed E-state index contributed by atoms with van der Waals surface area (Å²) in [6, 6.07) is 9.92. The van der Waals surface area contributed by atoms with Crippen LogP contribution in [0.4, 0.5) is 0 Å². The van der Waals surface area contributed by atoms with Gasteiger partial charge < -0.3 is 11.1 Å². The minimum Gasteiger partial charge on any atom is -0.356 e. The van der Waals surface area contributed by atoms with Gasteiger partial charge in [-0.2, -0.15) is 0 Å². The largest absolute Gasteiger partial charge is 0.356 e. The van der Waals surface area contributed by atoms with Crippen LogP contribution >= 0.6 is 0 Å². The number of rotatable bonds is 7. The van der Waals surface area contributed by atoms with E-state index in [1.807, 2.05) is 30.3 Å². The minimum absolute atomic E-state index is 0.0430. The van der Waals surface area contributed by atoms with E-state index in [0.717, 1.165) is 24.4 Å². The molecule has 3 heteroatoms. The molecule has 19 heavy (non-hydrogen) atoms. The molecule has 3 N–H and O–H groups in total. The summed E-state index contributed by atoms with van der Waals surface area (Å²) in [7, 11) is 0. The summed E-state index contributed by atoms with van der Waals surface area (Å²) in [5.74, 6) is 0.984. The number of benzene rings is 1. The van der Waals surface area contributed by atoms with Crippen molar-refractivity contribution in [1.29, 1.82) is 0 Å². The van der Waals surface area contributed by atoms with Crippen molar-refractivity contribution in [2.45, 2.75) is 44.6 Å². The summed E-state index contributed by atoms with van der Waals surface area (Å²) in [5, 5.41) is 2.99. The Morgan fingerprint density at radius 2 is 2.05 bits per heavy atom. The average molecular weight is 260 g/mol. The van der Waals surface area contributed by atoms with Crippen LogP contribution in [0.2, 0.25) is 0 Å². The molecule has 0 spiro atoms. The summed E-state index contributed by atoms with van der Waals surface area (Å²) >= 11 is 0. The standard InChI is InChI=1S/C16H24N2O/c17-15(14-7-2-1-3-8-14)9-10-16(19)18-12-11-13-5-4-6-13/h1-3,7-8,13,15H,4-6,9-12,17H2,(H,18,19). The molecule has 3 nitrogen and oxygen atoms in total. The van der Waals surface area contributed by atoms with E-state index >= 15 is 0 Å². The lowest BCUT2D eigenvalue weighted by molar-refractivity contribution is -0.121. The van der Waals surface area contributed by atoms with Crippen molar-refractivity contribution < 1.29 is 4.79 Å². The molecule has 0 radical (unpaired) electrons. The molecule has 1 aliphatic carbocycles. The van der Waals surface area contributed by atoms with Crippen molar-refractivity contribution in [2.75, 3.05) is 6.54 Å². The molecule has 0 aromatic heterocycles. The third kappa shape index (κ3) is 4.67. The van der Waals surface area contributed by atoms with Gasteiger partial charge in [0.05, 0.1) is 0 Å². The van der Waals surface area contributed by atoms with Gasteiger partial charge in [-0.1, -0.05) is 49.6 Å². The first-order valence-electron chi connectivity index (χ1n) is 7.33. The number of carbonyl (C=O) groups is 1. The highest BCUT2D eigenvalue weighted by molar-refractivity contribution is 5.75. The molecule has 0 aliphatic heterocycles. The molecule has 0 saturated heterocycles. The SMILES string of the molecule is NC(CCC(=O)NCCC1CCC1)c1ccccc1. The highest BCUT2D eigenvalue weighted by atomic mass is 16.1. The van der Waals surface area contributed by atoms with Gasteiger partial charge in [-0.25, -0.2) is 0 Å². The van der Waals surface area contributed by atoms with E-state index in [0.29, 0.717) is 12.8 Å². The number of hydrogen-bond acceptors (Lipinski definition) is 2. The molecule has 104 valence electrons. The molecular formula is C16H24N2O. The van der Waals surface area contributed by atoms with Gasteiger partial charge in [0.1, 0.15) is 0 Å². The van der Waals surface area contributed by atoms with Crippen LogP contribution in [0.1, 0.15) is 50.1 Å². The van der Waals surface area contributed by atoms with Gasteiger partial charge in [0.15, 0.2) is 0 Å². The number of amides is 1. The Balaban J connectivity index is 1.60. The van der Waals surface area contributed by atoms with E-state index in [2.05, 4.69) is 5.32 Å². The van der Waals surface area contributed by atoms with Gasteiger partial charge in [-0.15, -0.1) is 0 Å². The molecule has 1 aliphatic rings. The van der Waals surface area contributed by atoms with Crippen LogP contribution in [-0.2, 0) is 4.79 Å². The molecule has 1 saturated carbocycles. The molecule has 0 heterocycles. The van der Waals surface area contributed by atoms with E-state index in [1.54, 1.807) is 0 Å². The van der Waals surface area contributed by atoms with E-state index in [1.165, 1.54) is 19.3 Å². The smallest absolute Gasteiger partial charge is 0.220 e. The van der Waals surface area contributed by atoms with Gasteiger partial charge in [0.25, 0.3) is 0 Å². The number of hydrogen-bond donors (Lipinski definition) is 2. The summed E-state index contributed by atoms with van der Waals surface area (Å²) < 4.78 is 0. The molecule has 2 rings (SSSR count). The highest BCUT2D eigenvalue weighted by Crippen LogP contribution is 2.28. The lowest BCUT2D eigenvalue weighted by Gasteiger charge is -2.25. The van der Waals surface area contributed by atoms with Crippen LogP contribution in [0.25, 0.3) is 0 Å². The van der Waals surface area contributed by atoms with Crippen LogP contribution in [-0.4, -0.2) is 12.5 Å². The molecule has 1 aromatic carbocycles. The Morgan fingerprint density at radius 3 is 2.68 bits per heavy atom. The summed E-state index contributed by atoms with van der Waals surface area (Å²) in [5.41, 5.74) is 7.17. The minimum atomic E-state index is -0.0430. The maximum Gasteiger partial charge on any atom is 0.220 e. The fraction of sp³-hybridized carbons (Fsp3) is 0.562. The van der Waals surface area contributed by atoms with Crippen molar-refractivity contribution in [3.05, 3.63) is 35.9 Å². The number of nitrogens with one attached hydrogen (secondary N) is 1. The third-order valence-electron chi connectivity index (χ3n) is 4.01. The van der Waals surface area contributed by atoms with Crippen molar-refractivity contribution >= 4 is 5.91 Å². The lowest BCUT2D eigenvalue weighted by Crippen LogP contribution is -2.28. The van der Waals surface area contributed by atoms with E-state index in [9.17, 15) is 4.79 Å². The maximum absolute atomic E-state index is 11.7. The Bertz CT molecular complexity index is 387. The predicted octanol–water partition coefficient (Wildman–Crippen LogP) is 2.77. The zero-order valence-electron chi connectivity index (χ0n) is 11.5. The quantitative estimate of drug-likeness (QED) is 0.792. The third-order valence-corrected chi connectivity index (χ3v) is 4.01. The van der Waals surface area contributed by atoms with Crippen molar-refractivity contribution in [1.82, 2.24) is 5.32 Å². The summed E-state index contributed by atoms with van der Waals surface area (Å²) in [6.07, 6.45) is 6.41. The average Bonchev–Trinajstić information content (AvgIpc) is 2.40. The zero-order chi connectivity index (χ0) is 13.5. The lowest BCUT2D eigenvalue weighted by atomic mass is 9.83. The second-order valence-electron chi connectivity index (χ2n) is 5.49. The second-order valence-corrected chi connectivity index (χ2v) is 5.49. The van der Waals surface area contributed by atoms with E-state index in [4.69, 9.17) is 5.73 Å². The summed E-state index contributed by atoms with van der Waals surface area (Å²) in [6.45, 7) is 0.823. The predicted molar refractivity (Wildman–Crippen MR) is 77.6 cm³/mol. The van der Waals surface area contributed by atoms with E-state index in [-0.39, 0.29) is 11.9 Å². The van der Waals surface area contributed by atoms with Crippen LogP contribution < -0.4 is 11.1 Å².